The van der Waals surface area contributed by atoms with Crippen molar-refractivity contribution in [3.63, 3.8) is 0 Å². The fraction of sp³-hybridized carbons (Fsp3) is 0.308. The molecule has 0 bridgehead atoms. The van der Waals surface area contributed by atoms with Gasteiger partial charge in [-0.25, -0.2) is 4.79 Å². The molecule has 0 unspecified atom stereocenters. The third-order valence-corrected chi connectivity index (χ3v) is 2.98. The predicted octanol–water partition coefficient (Wildman–Crippen LogP) is 1.68. The first kappa shape index (κ1) is 16.0. The minimum absolute atomic E-state index is 0.0214. The summed E-state index contributed by atoms with van der Waals surface area (Å²) in [4.78, 5) is 24.6. The van der Waals surface area contributed by atoms with Crippen molar-refractivity contribution in [2.75, 3.05) is 20.2 Å². The number of likely N-dealkylation sites (N-methyl/N-ethyl adjacent to an activating group) is 1. The molecule has 1 aromatic rings. The van der Waals surface area contributed by atoms with E-state index in [0.717, 1.165) is 0 Å². The highest BCUT2D eigenvalue weighted by atomic mass is 79.9. The minimum Gasteiger partial charge on any atom is -0.507 e. The molecule has 1 rings (SSSR count). The van der Waals surface area contributed by atoms with E-state index >= 15 is 0 Å². The highest BCUT2D eigenvalue weighted by Crippen LogP contribution is 2.22. The summed E-state index contributed by atoms with van der Waals surface area (Å²) in [7, 11) is 1.52. The van der Waals surface area contributed by atoms with Crippen molar-refractivity contribution in [3.05, 3.63) is 28.2 Å². The minimum atomic E-state index is -0.786. The second-order valence-electron chi connectivity index (χ2n) is 3.96. The summed E-state index contributed by atoms with van der Waals surface area (Å²) >= 11 is 3.17. The number of phenolic OH excluding ortho intramolecular Hbond substituents is 1. The van der Waals surface area contributed by atoms with Gasteiger partial charge in [-0.2, -0.15) is 5.26 Å². The van der Waals surface area contributed by atoms with Crippen molar-refractivity contribution in [2.24, 2.45) is 0 Å². The van der Waals surface area contributed by atoms with Crippen LogP contribution in [0.2, 0.25) is 0 Å². The predicted molar refractivity (Wildman–Crippen MR) is 74.0 cm³/mol. The van der Waals surface area contributed by atoms with Gasteiger partial charge in [-0.15, -0.1) is 0 Å². The van der Waals surface area contributed by atoms with E-state index in [4.69, 9.17) is 10.00 Å². The Morgan fingerprint density at radius 1 is 1.50 bits per heavy atom. The molecule has 0 aliphatic rings. The van der Waals surface area contributed by atoms with E-state index in [9.17, 15) is 14.7 Å². The summed E-state index contributed by atoms with van der Waals surface area (Å²) in [5, 5.41) is 18.0. The van der Waals surface area contributed by atoms with E-state index in [1.165, 1.54) is 24.1 Å². The quantitative estimate of drug-likeness (QED) is 0.823. The van der Waals surface area contributed by atoms with E-state index in [1.54, 1.807) is 6.07 Å². The van der Waals surface area contributed by atoms with Crippen molar-refractivity contribution >= 4 is 27.8 Å². The lowest BCUT2D eigenvalue weighted by molar-refractivity contribution is -0.133. The van der Waals surface area contributed by atoms with Gasteiger partial charge in [-0.3, -0.25) is 4.79 Å². The van der Waals surface area contributed by atoms with E-state index in [1.807, 2.05) is 6.07 Å². The third kappa shape index (κ3) is 4.55. The maximum atomic E-state index is 11.7. The molecule has 1 N–H and O–H groups in total. The first-order valence-electron chi connectivity index (χ1n) is 5.72. The lowest BCUT2D eigenvalue weighted by Crippen LogP contribution is -2.31. The van der Waals surface area contributed by atoms with Crippen LogP contribution in [0.5, 0.6) is 5.75 Å². The Kier molecular flexibility index (Phi) is 6.00. The topological polar surface area (TPSA) is 90.6 Å². The summed E-state index contributed by atoms with van der Waals surface area (Å²) in [5.74, 6) is -1.42. The number of amides is 1. The molecule has 1 amide bonds. The fourth-order valence-electron chi connectivity index (χ4n) is 1.33. The standard InChI is InChI=1S/C13H13BrN2O4/c1-16(6-2-5-15)12(18)8-20-13(19)10-7-9(14)3-4-11(10)17/h3-4,7,17H,2,6,8H2,1H3. The van der Waals surface area contributed by atoms with Gasteiger partial charge >= 0.3 is 5.97 Å². The SMILES string of the molecule is CN(CCC#N)C(=O)COC(=O)c1cc(Br)ccc1O. The number of ether oxygens (including phenoxy) is 1. The fourth-order valence-corrected chi connectivity index (χ4v) is 1.69. The number of hydrogen-bond acceptors (Lipinski definition) is 5. The van der Waals surface area contributed by atoms with E-state index < -0.39 is 18.5 Å². The van der Waals surface area contributed by atoms with Crippen LogP contribution >= 0.6 is 15.9 Å². The van der Waals surface area contributed by atoms with Crippen LogP contribution in [0.4, 0.5) is 0 Å². The Labute approximate surface area is 124 Å². The summed E-state index contributed by atoms with van der Waals surface area (Å²) in [5.41, 5.74) is -0.0214. The second-order valence-corrected chi connectivity index (χ2v) is 4.88. The molecule has 0 heterocycles. The van der Waals surface area contributed by atoms with Gasteiger partial charge in [0.1, 0.15) is 11.3 Å². The van der Waals surface area contributed by atoms with E-state index in [0.29, 0.717) is 4.47 Å². The number of nitriles is 1. The van der Waals surface area contributed by atoms with Crippen LogP contribution in [-0.2, 0) is 9.53 Å². The Morgan fingerprint density at radius 3 is 2.85 bits per heavy atom. The zero-order valence-corrected chi connectivity index (χ0v) is 12.4. The van der Waals surface area contributed by atoms with Gasteiger partial charge in [-0.1, -0.05) is 15.9 Å². The van der Waals surface area contributed by atoms with Crippen LogP contribution in [0.25, 0.3) is 0 Å². The Bertz CT molecular complexity index is 554. The number of hydrogen-bond donors (Lipinski definition) is 1. The number of carbonyl (C=O) groups excluding carboxylic acids is 2. The normalized spacial score (nSPS) is 9.65. The molecule has 0 saturated heterocycles. The van der Waals surface area contributed by atoms with Crippen LogP contribution in [0.15, 0.2) is 22.7 Å². The van der Waals surface area contributed by atoms with Gasteiger partial charge < -0.3 is 14.7 Å². The lowest BCUT2D eigenvalue weighted by atomic mass is 10.2. The van der Waals surface area contributed by atoms with Crippen molar-refractivity contribution in [1.29, 1.82) is 5.26 Å². The van der Waals surface area contributed by atoms with Crippen molar-refractivity contribution in [3.8, 4) is 11.8 Å². The van der Waals surface area contributed by atoms with Crippen LogP contribution in [0.1, 0.15) is 16.8 Å². The number of halogens is 1. The van der Waals surface area contributed by atoms with Crippen molar-refractivity contribution in [1.82, 2.24) is 4.90 Å². The average Bonchev–Trinajstić information content (AvgIpc) is 2.44. The molecule has 1 aromatic carbocycles. The van der Waals surface area contributed by atoms with Crippen LogP contribution < -0.4 is 0 Å². The lowest BCUT2D eigenvalue weighted by Gasteiger charge is -2.15. The highest BCUT2D eigenvalue weighted by Gasteiger charge is 2.16. The highest BCUT2D eigenvalue weighted by molar-refractivity contribution is 9.10. The number of phenols is 1. The van der Waals surface area contributed by atoms with Gasteiger partial charge in [0.25, 0.3) is 5.91 Å². The largest absolute Gasteiger partial charge is 0.507 e. The Morgan fingerprint density at radius 2 is 2.20 bits per heavy atom. The van der Waals surface area contributed by atoms with Crippen LogP contribution in [0, 0.1) is 11.3 Å². The molecule has 106 valence electrons. The monoisotopic (exact) mass is 340 g/mol. The van der Waals surface area contributed by atoms with E-state index in [2.05, 4.69) is 15.9 Å². The molecule has 7 heteroatoms. The molecule has 0 atom stereocenters. The summed E-state index contributed by atoms with van der Waals surface area (Å²) in [6.45, 7) is -0.165. The number of benzene rings is 1. The molecular weight excluding hydrogens is 328 g/mol. The molecule has 0 spiro atoms. The van der Waals surface area contributed by atoms with Crippen molar-refractivity contribution < 1.29 is 19.4 Å². The third-order valence-electron chi connectivity index (χ3n) is 2.49. The number of carbonyl (C=O) groups is 2. The molecule has 6 nitrogen and oxygen atoms in total. The number of aromatic hydroxyl groups is 1. The number of nitrogens with zero attached hydrogens (tertiary/aromatic N) is 2. The molecule has 20 heavy (non-hydrogen) atoms. The van der Waals surface area contributed by atoms with Gasteiger partial charge in [0.15, 0.2) is 6.61 Å². The maximum absolute atomic E-state index is 11.7. The zero-order valence-electron chi connectivity index (χ0n) is 10.8. The number of esters is 1. The summed E-state index contributed by atoms with van der Waals surface area (Å²) in [6, 6.07) is 6.25. The first-order valence-corrected chi connectivity index (χ1v) is 6.51. The molecular formula is C13H13BrN2O4. The number of rotatable bonds is 5. The summed E-state index contributed by atoms with van der Waals surface area (Å²) in [6.07, 6.45) is 0.211. The van der Waals surface area contributed by atoms with Gasteiger partial charge in [0, 0.05) is 18.1 Å². The Hall–Kier alpha value is -2.07. The average molecular weight is 341 g/mol. The molecule has 0 saturated carbocycles. The van der Waals surface area contributed by atoms with Gasteiger partial charge in [0.05, 0.1) is 12.5 Å². The summed E-state index contributed by atoms with van der Waals surface area (Å²) < 4.78 is 5.44. The molecule has 0 aliphatic heterocycles. The molecule has 0 radical (unpaired) electrons. The van der Waals surface area contributed by atoms with Crippen molar-refractivity contribution in [2.45, 2.75) is 6.42 Å². The van der Waals surface area contributed by atoms with Crippen LogP contribution in [0.3, 0.4) is 0 Å². The smallest absolute Gasteiger partial charge is 0.342 e. The molecule has 0 aromatic heterocycles. The van der Waals surface area contributed by atoms with Gasteiger partial charge in [-0.05, 0) is 18.2 Å². The second kappa shape index (κ2) is 7.50. The first-order chi connectivity index (χ1) is 9.45. The zero-order chi connectivity index (χ0) is 15.1. The van der Waals surface area contributed by atoms with Crippen LogP contribution in [-0.4, -0.2) is 42.1 Å². The Balaban J connectivity index is 2.57. The maximum Gasteiger partial charge on any atom is 0.342 e. The molecule has 0 fully saturated rings. The van der Waals surface area contributed by atoms with Gasteiger partial charge in [0.2, 0.25) is 0 Å². The van der Waals surface area contributed by atoms with E-state index in [-0.39, 0.29) is 24.3 Å². The molecule has 0 aliphatic carbocycles.